The second-order valence-corrected chi connectivity index (χ2v) is 7.26. The lowest BCUT2D eigenvalue weighted by Crippen LogP contribution is -2.71. The summed E-state index contributed by atoms with van der Waals surface area (Å²) in [5.74, 6) is -2.27. The second-order valence-electron chi connectivity index (χ2n) is 5.26. The van der Waals surface area contributed by atoms with Crippen LogP contribution < -0.4 is 11.1 Å². The number of rotatable bonds is 5. The van der Waals surface area contributed by atoms with Crippen molar-refractivity contribution in [1.29, 1.82) is 0 Å². The lowest BCUT2D eigenvalue weighted by Gasteiger charge is -2.49. The van der Waals surface area contributed by atoms with Crippen LogP contribution in [0.3, 0.4) is 0 Å². The summed E-state index contributed by atoms with van der Waals surface area (Å²) in [6, 6.07) is -0.944. The molecule has 0 saturated carbocycles. The van der Waals surface area contributed by atoms with Crippen LogP contribution in [0.5, 0.6) is 0 Å². The first-order valence-corrected chi connectivity index (χ1v) is 9.09. The fourth-order valence-corrected chi connectivity index (χ4v) is 4.51. The number of hydrogen-bond acceptors (Lipinski definition) is 9. The normalized spacial score (nSPS) is 21.7. The molecule has 2 aliphatic rings. The Morgan fingerprint density at radius 3 is 2.74 bits per heavy atom. The van der Waals surface area contributed by atoms with Crippen LogP contribution in [0.1, 0.15) is 5.69 Å². The van der Waals surface area contributed by atoms with Crippen LogP contribution in [0.25, 0.3) is 0 Å². The first-order chi connectivity index (χ1) is 12.4. The molecule has 3 rings (SSSR count). The number of thiazole rings is 1. The number of fused-ring (bicyclic) bond motifs is 1. The minimum Gasteiger partial charge on any atom is -0.477 e. The summed E-state index contributed by atoms with van der Waals surface area (Å²) >= 11 is 2.37. The van der Waals surface area contributed by atoms with Crippen molar-refractivity contribution in [3.8, 4) is 0 Å². The maximum atomic E-state index is 12.4. The second kappa shape index (κ2) is 7.98. The summed E-state index contributed by atoms with van der Waals surface area (Å²) in [7, 11) is 0. The SMILES string of the molecule is C=CC1=C(C(=O)O)N2C(=O)C(NC(=O)C(=NO)c3csc(N)n3)[C@H]2SC1.Cl. The largest absolute Gasteiger partial charge is 0.477 e. The van der Waals surface area contributed by atoms with E-state index in [4.69, 9.17) is 10.9 Å². The van der Waals surface area contributed by atoms with Crippen LogP contribution in [0.15, 0.2) is 34.5 Å². The van der Waals surface area contributed by atoms with Gasteiger partial charge in [0.2, 0.25) is 0 Å². The van der Waals surface area contributed by atoms with Crippen molar-refractivity contribution >= 4 is 64.1 Å². The third kappa shape index (κ3) is 3.50. The summed E-state index contributed by atoms with van der Waals surface area (Å²) < 4.78 is 0. The molecule has 0 spiro atoms. The van der Waals surface area contributed by atoms with Crippen LogP contribution in [0.2, 0.25) is 0 Å². The van der Waals surface area contributed by atoms with Crippen molar-refractivity contribution < 1.29 is 24.7 Å². The third-order valence-electron chi connectivity index (χ3n) is 3.81. The van der Waals surface area contributed by atoms with E-state index in [2.05, 4.69) is 22.0 Å². The van der Waals surface area contributed by atoms with Gasteiger partial charge in [-0.05, 0) is 5.57 Å². The predicted octanol–water partition coefficient (Wildman–Crippen LogP) is 0.250. The number of nitrogens with zero attached hydrogens (tertiary/aromatic N) is 3. The molecule has 0 aromatic carbocycles. The molecular weight excluding hydrogens is 418 g/mol. The van der Waals surface area contributed by atoms with E-state index in [1.807, 2.05) is 0 Å². The van der Waals surface area contributed by atoms with Gasteiger partial charge in [0.15, 0.2) is 10.8 Å². The molecule has 2 amide bonds. The molecule has 1 aromatic heterocycles. The van der Waals surface area contributed by atoms with Gasteiger partial charge in [-0.1, -0.05) is 17.8 Å². The van der Waals surface area contributed by atoms with Crippen LogP contribution in [-0.2, 0) is 14.4 Å². The van der Waals surface area contributed by atoms with Gasteiger partial charge in [-0.25, -0.2) is 9.78 Å². The Kier molecular flexibility index (Phi) is 6.13. The standard InChI is InChI=1S/C14H13N5O5S2.ClH/c1-2-5-3-25-12-8(11(21)19(12)9(5)13(22)23)17-10(20)7(18-24)6-4-26-14(15)16-6;/h2,4,8,12,24H,1,3H2,(H2,15,16)(H,17,20)(H,22,23);1H/t8?,12-;/m1./s1. The fourth-order valence-electron chi connectivity index (χ4n) is 2.62. The molecule has 2 aliphatic heterocycles. The van der Waals surface area contributed by atoms with Crippen LogP contribution in [-0.4, -0.2) is 60.9 Å². The number of carboxylic acid groups (broad SMARTS) is 1. The maximum absolute atomic E-state index is 12.4. The Bertz CT molecular complexity index is 883. The van der Waals surface area contributed by atoms with E-state index in [0.29, 0.717) is 11.3 Å². The summed E-state index contributed by atoms with van der Waals surface area (Å²) in [6.45, 7) is 3.56. The number of aliphatic carboxylic acids is 1. The Balaban J connectivity index is 0.00000261. The van der Waals surface area contributed by atoms with E-state index in [1.54, 1.807) is 0 Å². The number of nitrogen functional groups attached to an aromatic ring is 1. The van der Waals surface area contributed by atoms with Crippen molar-refractivity contribution in [2.24, 2.45) is 5.16 Å². The lowest BCUT2D eigenvalue weighted by atomic mass is 10.0. The quantitative estimate of drug-likeness (QED) is 0.223. The Morgan fingerprint density at radius 2 is 2.22 bits per heavy atom. The van der Waals surface area contributed by atoms with Gasteiger partial charge < -0.3 is 21.4 Å². The topological polar surface area (TPSA) is 158 Å². The van der Waals surface area contributed by atoms with Crippen LogP contribution in [0, 0.1) is 0 Å². The molecule has 1 fully saturated rings. The van der Waals surface area contributed by atoms with Crippen LogP contribution >= 0.6 is 35.5 Å². The number of oxime groups is 1. The molecule has 3 heterocycles. The van der Waals surface area contributed by atoms with Crippen molar-refractivity contribution in [2.75, 3.05) is 11.5 Å². The predicted molar refractivity (Wildman–Crippen MR) is 102 cm³/mol. The molecule has 0 aliphatic carbocycles. The number of carbonyl (C=O) groups is 3. The molecular formula is C14H14ClN5O5S2. The number of hydrogen-bond donors (Lipinski definition) is 4. The summed E-state index contributed by atoms with van der Waals surface area (Å²) in [6.07, 6.45) is 1.40. The van der Waals surface area contributed by atoms with Gasteiger partial charge in [-0.15, -0.1) is 35.5 Å². The minimum atomic E-state index is -1.24. The van der Waals surface area contributed by atoms with Gasteiger partial charge in [0.1, 0.15) is 22.8 Å². The van der Waals surface area contributed by atoms with Crippen LogP contribution in [0.4, 0.5) is 5.13 Å². The molecule has 27 heavy (non-hydrogen) atoms. The average molecular weight is 432 g/mol. The monoisotopic (exact) mass is 431 g/mol. The molecule has 1 unspecified atom stereocenters. The number of β-lactam (4-membered cyclic amide) rings is 1. The highest BCUT2D eigenvalue weighted by Crippen LogP contribution is 2.40. The number of nitrogens with two attached hydrogens (primary N) is 1. The molecule has 0 radical (unpaired) electrons. The first kappa shape index (κ1) is 20.7. The molecule has 1 aromatic rings. The zero-order valence-electron chi connectivity index (χ0n) is 13.5. The van der Waals surface area contributed by atoms with Crippen molar-refractivity contribution in [1.82, 2.24) is 15.2 Å². The van der Waals surface area contributed by atoms with Gasteiger partial charge in [0.25, 0.3) is 11.8 Å². The highest BCUT2D eigenvalue weighted by molar-refractivity contribution is 8.00. The van der Waals surface area contributed by atoms with E-state index in [1.165, 1.54) is 23.2 Å². The van der Waals surface area contributed by atoms with E-state index in [9.17, 15) is 19.5 Å². The minimum absolute atomic E-state index is 0. The molecule has 10 nitrogen and oxygen atoms in total. The molecule has 5 N–H and O–H groups in total. The smallest absolute Gasteiger partial charge is 0.352 e. The first-order valence-electron chi connectivity index (χ1n) is 7.16. The number of carbonyl (C=O) groups excluding carboxylic acids is 2. The Morgan fingerprint density at radius 1 is 1.52 bits per heavy atom. The van der Waals surface area contributed by atoms with Crippen molar-refractivity contribution in [2.45, 2.75) is 11.4 Å². The van der Waals surface area contributed by atoms with Gasteiger partial charge in [-0.2, -0.15) is 0 Å². The lowest BCUT2D eigenvalue weighted by molar-refractivity contribution is -0.150. The molecule has 1 saturated heterocycles. The fraction of sp³-hybridized carbons (Fsp3) is 0.214. The van der Waals surface area contributed by atoms with Gasteiger partial charge in [-0.3, -0.25) is 14.5 Å². The zero-order valence-corrected chi connectivity index (χ0v) is 15.9. The Hall–Kier alpha value is -2.57. The van der Waals surface area contributed by atoms with E-state index in [-0.39, 0.29) is 34.6 Å². The summed E-state index contributed by atoms with van der Waals surface area (Å²) in [5, 5.41) is 24.9. The molecule has 144 valence electrons. The molecule has 13 heteroatoms. The highest BCUT2D eigenvalue weighted by Gasteiger charge is 2.54. The number of thioether (sulfide) groups is 1. The summed E-state index contributed by atoms with van der Waals surface area (Å²) in [5.41, 5.74) is 5.49. The number of allylic oxidation sites excluding steroid dienone is 1. The zero-order chi connectivity index (χ0) is 19.0. The average Bonchev–Trinajstić information content (AvgIpc) is 3.04. The number of amides is 2. The van der Waals surface area contributed by atoms with E-state index < -0.39 is 29.2 Å². The van der Waals surface area contributed by atoms with Gasteiger partial charge in [0.05, 0.1) is 0 Å². The number of halogens is 1. The van der Waals surface area contributed by atoms with E-state index in [0.717, 1.165) is 16.2 Å². The number of anilines is 1. The van der Waals surface area contributed by atoms with Gasteiger partial charge in [0, 0.05) is 11.1 Å². The number of nitrogens with one attached hydrogen (secondary N) is 1. The number of aromatic nitrogens is 1. The van der Waals surface area contributed by atoms with Crippen molar-refractivity contribution in [3.05, 3.63) is 35.0 Å². The summed E-state index contributed by atoms with van der Waals surface area (Å²) in [4.78, 5) is 41.2. The molecule has 0 bridgehead atoms. The Labute approximate surface area is 167 Å². The number of carboxylic acids is 1. The molecule has 2 atom stereocenters. The van der Waals surface area contributed by atoms with Crippen molar-refractivity contribution in [3.63, 3.8) is 0 Å². The van der Waals surface area contributed by atoms with E-state index >= 15 is 0 Å². The highest BCUT2D eigenvalue weighted by atomic mass is 35.5. The third-order valence-corrected chi connectivity index (χ3v) is 5.79. The van der Waals surface area contributed by atoms with Gasteiger partial charge >= 0.3 is 5.97 Å². The maximum Gasteiger partial charge on any atom is 0.352 e.